The van der Waals surface area contributed by atoms with Crippen LogP contribution in [0.15, 0.2) is 22.4 Å². The van der Waals surface area contributed by atoms with Gasteiger partial charge in [0.1, 0.15) is 12.2 Å². The zero-order valence-corrected chi connectivity index (χ0v) is 15.9. The minimum Gasteiger partial charge on any atom is -0.394 e. The largest absolute Gasteiger partial charge is 0.394 e. The molecule has 0 aliphatic carbocycles. The van der Waals surface area contributed by atoms with E-state index >= 15 is 0 Å². The Bertz CT molecular complexity index is 845. The summed E-state index contributed by atoms with van der Waals surface area (Å²) < 4.78 is 19.9. The van der Waals surface area contributed by atoms with Crippen molar-refractivity contribution in [2.75, 3.05) is 6.61 Å². The van der Waals surface area contributed by atoms with Gasteiger partial charge in [-0.05, 0) is 12.8 Å². The number of aliphatic hydroxyl groups excluding tert-OH is 2. The second-order valence-corrected chi connectivity index (χ2v) is 6.81. The summed E-state index contributed by atoms with van der Waals surface area (Å²) in [6.07, 6.45) is -2.98. The van der Waals surface area contributed by atoms with E-state index < -0.39 is 48.0 Å². The first-order valence-corrected chi connectivity index (χ1v) is 9.11. The van der Waals surface area contributed by atoms with Gasteiger partial charge in [0, 0.05) is 6.20 Å². The van der Waals surface area contributed by atoms with Crippen LogP contribution in [-0.4, -0.2) is 71.1 Å². The molecule has 6 N–H and O–H groups in total. The average Bonchev–Trinajstić information content (AvgIpc) is 2.89. The maximum Gasteiger partial charge on any atom is 0.332 e. The standard InChI is InChI=1S/C17H26FN3O8/c1-3-5-6-7-12(18)21(28)16(26)13(23)11(9-22)29-17(16,27)20-8-10(4-2)14(24)19-15(20)25/h4,8,11-13,22-23,26-28H,2-3,5-7,9H2,1H3,(H,19,24,25)/t11-,12?,13-,16-,17-/m1/s1. The summed E-state index contributed by atoms with van der Waals surface area (Å²) in [5.41, 5.74) is -5.70. The Balaban J connectivity index is 2.59. The van der Waals surface area contributed by atoms with Gasteiger partial charge in [0.25, 0.3) is 5.56 Å². The maximum absolute atomic E-state index is 14.6. The minimum atomic E-state index is -3.31. The Hall–Kier alpha value is -1.93. The number of ether oxygens (including phenoxy) is 1. The van der Waals surface area contributed by atoms with Crippen LogP contribution in [-0.2, 0) is 10.6 Å². The Morgan fingerprint density at radius 3 is 2.66 bits per heavy atom. The lowest BCUT2D eigenvalue weighted by Gasteiger charge is -2.43. The molecule has 2 rings (SSSR count). The summed E-state index contributed by atoms with van der Waals surface area (Å²) in [6.45, 7) is 4.30. The second-order valence-electron chi connectivity index (χ2n) is 6.81. The highest BCUT2D eigenvalue weighted by molar-refractivity contribution is 5.43. The third kappa shape index (κ3) is 3.80. The predicted molar refractivity (Wildman–Crippen MR) is 97.2 cm³/mol. The molecule has 0 saturated carbocycles. The number of hydroxylamine groups is 2. The van der Waals surface area contributed by atoms with Gasteiger partial charge in [-0.25, -0.2) is 13.8 Å². The number of hydrogen-bond donors (Lipinski definition) is 6. The van der Waals surface area contributed by atoms with E-state index in [-0.39, 0.29) is 21.6 Å². The van der Waals surface area contributed by atoms with Crippen molar-refractivity contribution in [3.05, 3.63) is 39.2 Å². The summed E-state index contributed by atoms with van der Waals surface area (Å²) in [7, 11) is 0. The topological polar surface area (TPSA) is 168 Å². The molecule has 1 aromatic heterocycles. The number of nitrogens with one attached hydrogen (secondary N) is 1. The number of hydrogen-bond acceptors (Lipinski definition) is 9. The first kappa shape index (κ1) is 23.3. The van der Waals surface area contributed by atoms with E-state index in [2.05, 4.69) is 6.58 Å². The van der Waals surface area contributed by atoms with Gasteiger partial charge in [0.05, 0.1) is 12.2 Å². The molecule has 0 radical (unpaired) electrons. The molecule has 0 bridgehead atoms. The van der Waals surface area contributed by atoms with Crippen LogP contribution in [0.5, 0.6) is 0 Å². The third-order valence-electron chi connectivity index (χ3n) is 4.92. The van der Waals surface area contributed by atoms with E-state index in [1.165, 1.54) is 0 Å². The molecule has 1 saturated heterocycles. The third-order valence-corrected chi connectivity index (χ3v) is 4.92. The molecule has 12 heteroatoms. The summed E-state index contributed by atoms with van der Waals surface area (Å²) >= 11 is 0. The smallest absolute Gasteiger partial charge is 0.332 e. The highest BCUT2D eigenvalue weighted by Gasteiger charge is 2.71. The van der Waals surface area contributed by atoms with Crippen molar-refractivity contribution in [2.24, 2.45) is 0 Å². The van der Waals surface area contributed by atoms with Crippen LogP contribution in [0.2, 0.25) is 0 Å². The quantitative estimate of drug-likeness (QED) is 0.124. The summed E-state index contributed by atoms with van der Waals surface area (Å²) in [5, 5.41) is 51.8. The number of unbranched alkanes of at least 4 members (excludes halogenated alkanes) is 2. The first-order chi connectivity index (χ1) is 13.6. The lowest BCUT2D eigenvalue weighted by molar-refractivity contribution is -0.428. The number of alkyl halides is 1. The van der Waals surface area contributed by atoms with Crippen LogP contribution in [0, 0.1) is 0 Å². The van der Waals surface area contributed by atoms with Crippen molar-refractivity contribution in [3.8, 4) is 0 Å². The fourth-order valence-electron chi connectivity index (χ4n) is 3.23. The van der Waals surface area contributed by atoms with Crippen LogP contribution >= 0.6 is 0 Å². The van der Waals surface area contributed by atoms with E-state index in [4.69, 9.17) is 4.74 Å². The molecule has 2 heterocycles. The Morgan fingerprint density at radius 2 is 2.10 bits per heavy atom. The average molecular weight is 419 g/mol. The molecule has 1 aromatic rings. The molecule has 164 valence electrons. The van der Waals surface area contributed by atoms with Gasteiger partial charge in [-0.3, -0.25) is 9.78 Å². The van der Waals surface area contributed by atoms with Crippen LogP contribution in [0.3, 0.4) is 0 Å². The van der Waals surface area contributed by atoms with E-state index in [1.807, 2.05) is 11.9 Å². The lowest BCUT2D eigenvalue weighted by atomic mass is 10.00. The molecule has 0 amide bonds. The van der Waals surface area contributed by atoms with Crippen molar-refractivity contribution in [2.45, 2.75) is 62.7 Å². The van der Waals surface area contributed by atoms with Crippen molar-refractivity contribution < 1.29 is 34.8 Å². The Labute approximate surface area is 164 Å². The van der Waals surface area contributed by atoms with Crippen molar-refractivity contribution in [1.29, 1.82) is 0 Å². The number of nitrogens with zero attached hydrogens (tertiary/aromatic N) is 2. The van der Waals surface area contributed by atoms with Crippen molar-refractivity contribution in [3.63, 3.8) is 0 Å². The van der Waals surface area contributed by atoms with E-state index in [1.54, 1.807) is 0 Å². The van der Waals surface area contributed by atoms with Crippen LogP contribution in [0.25, 0.3) is 6.08 Å². The number of aromatic amines is 1. The van der Waals surface area contributed by atoms with Crippen LogP contribution in [0.4, 0.5) is 4.39 Å². The minimum absolute atomic E-state index is 0.227. The van der Waals surface area contributed by atoms with Crippen LogP contribution < -0.4 is 11.2 Å². The maximum atomic E-state index is 14.6. The Kier molecular flexibility index (Phi) is 7.11. The molecular formula is C17H26FN3O8. The number of aliphatic hydroxyl groups is 4. The number of halogens is 1. The molecule has 11 nitrogen and oxygen atoms in total. The molecule has 0 aromatic carbocycles. The first-order valence-electron chi connectivity index (χ1n) is 9.11. The highest BCUT2D eigenvalue weighted by Crippen LogP contribution is 2.44. The number of rotatable bonds is 9. The van der Waals surface area contributed by atoms with Gasteiger partial charge in [0.15, 0.2) is 6.30 Å². The fraction of sp³-hybridized carbons (Fsp3) is 0.647. The van der Waals surface area contributed by atoms with E-state index in [9.17, 15) is 39.6 Å². The molecule has 0 spiro atoms. The zero-order chi connectivity index (χ0) is 22.0. The second kappa shape index (κ2) is 8.83. The van der Waals surface area contributed by atoms with Gasteiger partial charge in [-0.1, -0.05) is 32.4 Å². The van der Waals surface area contributed by atoms with Crippen molar-refractivity contribution in [1.82, 2.24) is 14.6 Å². The van der Waals surface area contributed by atoms with Gasteiger partial charge < -0.3 is 30.4 Å². The summed E-state index contributed by atoms with van der Waals surface area (Å²) in [4.78, 5) is 25.9. The van der Waals surface area contributed by atoms with Gasteiger partial charge >= 0.3 is 11.6 Å². The van der Waals surface area contributed by atoms with Gasteiger partial charge in [0.2, 0.25) is 5.72 Å². The summed E-state index contributed by atoms with van der Waals surface area (Å²) in [6, 6.07) is 0. The van der Waals surface area contributed by atoms with Crippen molar-refractivity contribution >= 4 is 6.08 Å². The Morgan fingerprint density at radius 1 is 1.45 bits per heavy atom. The number of aromatic nitrogens is 2. The summed E-state index contributed by atoms with van der Waals surface area (Å²) in [5.74, 6) is -3.28. The molecule has 1 unspecified atom stereocenters. The predicted octanol–water partition coefficient (Wildman–Crippen LogP) is -1.21. The van der Waals surface area contributed by atoms with Crippen LogP contribution in [0.1, 0.15) is 38.2 Å². The number of H-pyrrole nitrogens is 1. The molecule has 29 heavy (non-hydrogen) atoms. The zero-order valence-electron chi connectivity index (χ0n) is 15.9. The SMILES string of the molecule is C=Cc1cn([C@]2(O)O[C@H](CO)[C@@H](O)[C@]2(O)N(O)C(F)CCCCC)c(=O)[nH]c1=O. The molecule has 1 aliphatic rings. The highest BCUT2D eigenvalue weighted by atomic mass is 19.1. The molecule has 1 fully saturated rings. The molecule has 5 atom stereocenters. The van der Waals surface area contributed by atoms with E-state index in [0.717, 1.165) is 18.7 Å². The van der Waals surface area contributed by atoms with E-state index in [0.29, 0.717) is 12.8 Å². The molecule has 1 aliphatic heterocycles. The van der Waals surface area contributed by atoms with Gasteiger partial charge in [-0.2, -0.15) is 0 Å². The normalized spacial score (nSPS) is 30.6. The lowest BCUT2D eigenvalue weighted by Crippen LogP contribution is -2.69. The fourth-order valence-corrected chi connectivity index (χ4v) is 3.23. The molecular weight excluding hydrogens is 393 g/mol. The monoisotopic (exact) mass is 419 g/mol. The van der Waals surface area contributed by atoms with Gasteiger partial charge in [-0.15, -0.1) is 5.06 Å².